The molecule has 0 fully saturated rings. The van der Waals surface area contributed by atoms with Gasteiger partial charge in [-0.2, -0.15) is 0 Å². The van der Waals surface area contributed by atoms with Crippen LogP contribution in [0.4, 0.5) is 5.82 Å². The highest BCUT2D eigenvalue weighted by atomic mass is 16.5. The maximum absolute atomic E-state index is 5.73. The molecule has 0 radical (unpaired) electrons. The summed E-state index contributed by atoms with van der Waals surface area (Å²) in [5, 5.41) is 3.19. The molecule has 2 rings (SSSR count). The molecule has 1 aromatic heterocycles. The molecular formula is C16H21N3O. The summed E-state index contributed by atoms with van der Waals surface area (Å²) in [4.78, 5) is 8.64. The summed E-state index contributed by atoms with van der Waals surface area (Å²) in [5.41, 5.74) is 3.32. The molecule has 0 aliphatic rings. The van der Waals surface area contributed by atoms with Crippen LogP contribution in [-0.4, -0.2) is 16.5 Å². The Bertz CT molecular complexity index is 552. The van der Waals surface area contributed by atoms with E-state index in [1.165, 1.54) is 11.1 Å². The topological polar surface area (TPSA) is 47.0 Å². The van der Waals surface area contributed by atoms with E-state index in [0.717, 1.165) is 30.2 Å². The van der Waals surface area contributed by atoms with Crippen molar-refractivity contribution in [3.05, 3.63) is 47.4 Å². The third kappa shape index (κ3) is 3.95. The van der Waals surface area contributed by atoms with E-state index in [1.54, 1.807) is 12.4 Å². The van der Waals surface area contributed by atoms with Crippen LogP contribution >= 0.6 is 0 Å². The molecule has 4 heteroatoms. The van der Waals surface area contributed by atoms with Gasteiger partial charge < -0.3 is 10.1 Å². The summed E-state index contributed by atoms with van der Waals surface area (Å²) in [7, 11) is 0. The lowest BCUT2D eigenvalue weighted by Gasteiger charge is -2.08. The van der Waals surface area contributed by atoms with Crippen LogP contribution in [0.3, 0.4) is 0 Å². The zero-order valence-electron chi connectivity index (χ0n) is 12.3. The fraction of sp³-hybridized carbons (Fsp3) is 0.375. The number of hydrogen-bond acceptors (Lipinski definition) is 4. The van der Waals surface area contributed by atoms with E-state index in [0.29, 0.717) is 6.61 Å². The second-order valence-electron chi connectivity index (χ2n) is 4.85. The SMILES string of the molecule is CCCNc1cnc(COc2ccc(C)c(C)c2)cn1. The highest BCUT2D eigenvalue weighted by molar-refractivity contribution is 5.34. The highest BCUT2D eigenvalue weighted by Gasteiger charge is 2.01. The minimum absolute atomic E-state index is 0.434. The average Bonchev–Trinajstić information content (AvgIpc) is 2.47. The van der Waals surface area contributed by atoms with Crippen molar-refractivity contribution >= 4 is 5.82 Å². The molecule has 0 atom stereocenters. The molecule has 0 saturated heterocycles. The van der Waals surface area contributed by atoms with Crippen LogP contribution in [0.15, 0.2) is 30.6 Å². The second kappa shape index (κ2) is 6.89. The van der Waals surface area contributed by atoms with E-state index >= 15 is 0 Å². The predicted molar refractivity (Wildman–Crippen MR) is 81.1 cm³/mol. The van der Waals surface area contributed by atoms with Gasteiger partial charge in [0.25, 0.3) is 0 Å². The highest BCUT2D eigenvalue weighted by Crippen LogP contribution is 2.17. The lowest BCUT2D eigenvalue weighted by molar-refractivity contribution is 0.300. The lowest BCUT2D eigenvalue weighted by atomic mass is 10.1. The predicted octanol–water partition coefficient (Wildman–Crippen LogP) is 3.49. The molecule has 1 N–H and O–H groups in total. The van der Waals surface area contributed by atoms with E-state index in [-0.39, 0.29) is 0 Å². The summed E-state index contributed by atoms with van der Waals surface area (Å²) in [5.74, 6) is 1.67. The van der Waals surface area contributed by atoms with Crippen LogP contribution in [0.1, 0.15) is 30.2 Å². The van der Waals surface area contributed by atoms with Gasteiger partial charge in [0.05, 0.1) is 18.1 Å². The minimum Gasteiger partial charge on any atom is -0.487 e. The van der Waals surface area contributed by atoms with Crippen LogP contribution in [0.25, 0.3) is 0 Å². The number of aromatic nitrogens is 2. The third-order valence-corrected chi connectivity index (χ3v) is 3.13. The Labute approximate surface area is 120 Å². The molecule has 4 nitrogen and oxygen atoms in total. The summed E-state index contributed by atoms with van der Waals surface area (Å²) >= 11 is 0. The van der Waals surface area contributed by atoms with Crippen molar-refractivity contribution in [3.8, 4) is 5.75 Å². The maximum atomic E-state index is 5.73. The number of anilines is 1. The van der Waals surface area contributed by atoms with Gasteiger partial charge in [0.2, 0.25) is 0 Å². The molecule has 1 heterocycles. The summed E-state index contributed by atoms with van der Waals surface area (Å²) in [6.07, 6.45) is 4.56. The van der Waals surface area contributed by atoms with E-state index in [9.17, 15) is 0 Å². The Hall–Kier alpha value is -2.10. The van der Waals surface area contributed by atoms with Crippen LogP contribution in [-0.2, 0) is 6.61 Å². The van der Waals surface area contributed by atoms with E-state index < -0.39 is 0 Å². The summed E-state index contributed by atoms with van der Waals surface area (Å²) in [6, 6.07) is 6.08. The summed E-state index contributed by atoms with van der Waals surface area (Å²) < 4.78 is 5.73. The van der Waals surface area contributed by atoms with Crippen molar-refractivity contribution in [2.24, 2.45) is 0 Å². The Kier molecular flexibility index (Phi) is 4.93. The second-order valence-corrected chi connectivity index (χ2v) is 4.85. The Morgan fingerprint density at radius 1 is 1.10 bits per heavy atom. The lowest BCUT2D eigenvalue weighted by Crippen LogP contribution is -2.04. The first kappa shape index (κ1) is 14.3. The first-order valence-corrected chi connectivity index (χ1v) is 6.94. The Morgan fingerprint density at radius 2 is 1.95 bits per heavy atom. The van der Waals surface area contributed by atoms with Gasteiger partial charge in [0.1, 0.15) is 18.2 Å². The molecular weight excluding hydrogens is 250 g/mol. The van der Waals surface area contributed by atoms with Gasteiger partial charge >= 0.3 is 0 Å². The number of benzene rings is 1. The molecule has 0 aliphatic heterocycles. The van der Waals surface area contributed by atoms with Crippen LogP contribution < -0.4 is 10.1 Å². The van der Waals surface area contributed by atoms with Gasteiger partial charge in [0.15, 0.2) is 0 Å². The molecule has 0 unspecified atom stereocenters. The fourth-order valence-corrected chi connectivity index (χ4v) is 1.73. The zero-order chi connectivity index (χ0) is 14.4. The number of nitrogens with zero attached hydrogens (tertiary/aromatic N) is 2. The average molecular weight is 271 g/mol. The van der Waals surface area contributed by atoms with Crippen molar-refractivity contribution in [2.45, 2.75) is 33.8 Å². The number of ether oxygens (including phenoxy) is 1. The molecule has 0 bridgehead atoms. The number of aryl methyl sites for hydroxylation is 2. The van der Waals surface area contributed by atoms with Crippen molar-refractivity contribution in [2.75, 3.05) is 11.9 Å². The van der Waals surface area contributed by atoms with Gasteiger partial charge in [-0.25, -0.2) is 4.98 Å². The molecule has 0 spiro atoms. The Balaban J connectivity index is 1.91. The van der Waals surface area contributed by atoms with Crippen molar-refractivity contribution in [1.29, 1.82) is 0 Å². The molecule has 0 aliphatic carbocycles. The smallest absolute Gasteiger partial charge is 0.144 e. The molecule has 106 valence electrons. The van der Waals surface area contributed by atoms with Gasteiger partial charge in [-0.15, -0.1) is 0 Å². The summed E-state index contributed by atoms with van der Waals surface area (Å²) in [6.45, 7) is 7.63. The molecule has 0 amide bonds. The monoisotopic (exact) mass is 271 g/mol. The van der Waals surface area contributed by atoms with Gasteiger partial charge in [0, 0.05) is 6.54 Å². The maximum Gasteiger partial charge on any atom is 0.144 e. The largest absolute Gasteiger partial charge is 0.487 e. The normalized spacial score (nSPS) is 10.3. The fourth-order valence-electron chi connectivity index (χ4n) is 1.73. The minimum atomic E-state index is 0.434. The Morgan fingerprint density at radius 3 is 2.60 bits per heavy atom. The van der Waals surface area contributed by atoms with Crippen molar-refractivity contribution in [1.82, 2.24) is 9.97 Å². The van der Waals surface area contributed by atoms with Gasteiger partial charge in [-0.1, -0.05) is 13.0 Å². The van der Waals surface area contributed by atoms with E-state index in [4.69, 9.17) is 4.74 Å². The van der Waals surface area contributed by atoms with Crippen molar-refractivity contribution in [3.63, 3.8) is 0 Å². The zero-order valence-corrected chi connectivity index (χ0v) is 12.3. The van der Waals surface area contributed by atoms with E-state index in [1.807, 2.05) is 12.1 Å². The number of rotatable bonds is 6. The molecule has 2 aromatic rings. The van der Waals surface area contributed by atoms with Crippen LogP contribution in [0.5, 0.6) is 5.75 Å². The van der Waals surface area contributed by atoms with Gasteiger partial charge in [-0.3, -0.25) is 4.98 Å². The first-order chi connectivity index (χ1) is 9.69. The first-order valence-electron chi connectivity index (χ1n) is 6.94. The molecule has 0 saturated carbocycles. The number of hydrogen-bond donors (Lipinski definition) is 1. The standard InChI is InChI=1S/C16H21N3O/c1-4-7-17-16-10-18-14(9-19-16)11-20-15-6-5-12(2)13(3)8-15/h5-6,8-10H,4,7,11H2,1-3H3,(H,17,19). The van der Waals surface area contributed by atoms with Crippen molar-refractivity contribution < 1.29 is 4.74 Å². The molecule has 1 aromatic carbocycles. The number of nitrogens with one attached hydrogen (secondary N) is 1. The van der Waals surface area contributed by atoms with Crippen LogP contribution in [0, 0.1) is 13.8 Å². The molecule has 20 heavy (non-hydrogen) atoms. The quantitative estimate of drug-likeness (QED) is 0.873. The van der Waals surface area contributed by atoms with Gasteiger partial charge in [-0.05, 0) is 43.5 Å². The third-order valence-electron chi connectivity index (χ3n) is 3.13. The van der Waals surface area contributed by atoms with E-state index in [2.05, 4.69) is 42.1 Å². The van der Waals surface area contributed by atoms with Crippen LogP contribution in [0.2, 0.25) is 0 Å².